The highest BCUT2D eigenvalue weighted by atomic mass is 19.4. The lowest BCUT2D eigenvalue weighted by molar-refractivity contribution is -0.154. The van der Waals surface area contributed by atoms with E-state index in [1.165, 1.54) is 18.3 Å². The summed E-state index contributed by atoms with van der Waals surface area (Å²) in [7, 11) is 0. The molecule has 6 nitrogen and oxygen atoms in total. The van der Waals surface area contributed by atoms with Gasteiger partial charge in [-0.1, -0.05) is 0 Å². The van der Waals surface area contributed by atoms with Gasteiger partial charge in [0.1, 0.15) is 5.56 Å². The molecule has 1 atom stereocenters. The Kier molecular flexibility index (Phi) is 6.38. The van der Waals surface area contributed by atoms with Gasteiger partial charge in [0.05, 0.1) is 13.2 Å². The number of alkyl halides is 3. The normalized spacial score (nSPS) is 17.3. The Morgan fingerprint density at radius 2 is 2.17 bits per heavy atom. The monoisotopic (exact) mass is 347 g/mol. The van der Waals surface area contributed by atoms with Crippen molar-refractivity contribution in [2.45, 2.75) is 19.1 Å². The zero-order valence-electron chi connectivity index (χ0n) is 13.3. The lowest BCUT2D eigenvalue weighted by Crippen LogP contribution is -2.46. The van der Waals surface area contributed by atoms with Gasteiger partial charge in [-0.2, -0.15) is 13.2 Å². The van der Waals surface area contributed by atoms with E-state index in [1.807, 2.05) is 6.92 Å². The number of morpholine rings is 1. The van der Waals surface area contributed by atoms with Crippen LogP contribution < -0.4 is 10.1 Å². The predicted molar refractivity (Wildman–Crippen MR) is 80.0 cm³/mol. The number of nitrogens with zero attached hydrogens (tertiary/aromatic N) is 2. The van der Waals surface area contributed by atoms with E-state index in [1.54, 1.807) is 0 Å². The van der Waals surface area contributed by atoms with Crippen LogP contribution in [0.3, 0.4) is 0 Å². The minimum Gasteiger partial charge on any atom is -0.467 e. The summed E-state index contributed by atoms with van der Waals surface area (Å²) in [4.78, 5) is 18.2. The van der Waals surface area contributed by atoms with E-state index in [0.717, 1.165) is 13.1 Å². The van der Waals surface area contributed by atoms with Gasteiger partial charge in [0.15, 0.2) is 6.61 Å². The first-order valence-electron chi connectivity index (χ1n) is 7.60. The molecular weight excluding hydrogens is 327 g/mol. The highest BCUT2D eigenvalue weighted by molar-refractivity contribution is 5.96. The molecule has 1 aliphatic rings. The van der Waals surface area contributed by atoms with E-state index in [0.29, 0.717) is 19.8 Å². The van der Waals surface area contributed by atoms with Crippen LogP contribution in [0.15, 0.2) is 18.3 Å². The number of rotatable bonds is 6. The summed E-state index contributed by atoms with van der Waals surface area (Å²) in [5.41, 5.74) is -0.0180. The maximum absolute atomic E-state index is 12.3. The highest BCUT2D eigenvalue weighted by Gasteiger charge is 2.29. The number of hydrogen-bond donors (Lipinski definition) is 1. The van der Waals surface area contributed by atoms with Crippen molar-refractivity contribution in [3.63, 3.8) is 0 Å². The number of aromatic nitrogens is 1. The second-order valence-corrected chi connectivity index (χ2v) is 5.55. The third-order valence-corrected chi connectivity index (χ3v) is 3.40. The van der Waals surface area contributed by atoms with Crippen LogP contribution >= 0.6 is 0 Å². The van der Waals surface area contributed by atoms with Crippen molar-refractivity contribution in [3.8, 4) is 5.88 Å². The van der Waals surface area contributed by atoms with Crippen molar-refractivity contribution in [2.75, 3.05) is 39.5 Å². The summed E-state index contributed by atoms with van der Waals surface area (Å²) < 4.78 is 46.7. The van der Waals surface area contributed by atoms with Gasteiger partial charge in [0.2, 0.25) is 5.88 Å². The molecule has 1 unspecified atom stereocenters. The molecule has 24 heavy (non-hydrogen) atoms. The predicted octanol–water partition coefficient (Wildman–Crippen LogP) is 1.47. The summed E-state index contributed by atoms with van der Waals surface area (Å²) in [6.45, 7) is 3.85. The second kappa shape index (κ2) is 8.29. The van der Waals surface area contributed by atoms with Crippen LogP contribution in [0.2, 0.25) is 0 Å². The number of hydrogen-bond acceptors (Lipinski definition) is 5. The quantitative estimate of drug-likeness (QED) is 0.844. The molecule has 1 amide bonds. The Bertz CT molecular complexity index is 548. The van der Waals surface area contributed by atoms with E-state index in [-0.39, 0.29) is 17.5 Å². The van der Waals surface area contributed by atoms with E-state index in [9.17, 15) is 18.0 Å². The van der Waals surface area contributed by atoms with Gasteiger partial charge in [-0.3, -0.25) is 9.69 Å². The molecule has 1 aromatic heterocycles. The van der Waals surface area contributed by atoms with E-state index in [2.05, 4.69) is 19.9 Å². The molecule has 1 aromatic rings. The van der Waals surface area contributed by atoms with Crippen molar-refractivity contribution < 1.29 is 27.4 Å². The van der Waals surface area contributed by atoms with Crippen molar-refractivity contribution in [2.24, 2.45) is 0 Å². The Morgan fingerprint density at radius 3 is 2.83 bits per heavy atom. The fraction of sp³-hybridized carbons (Fsp3) is 0.600. The summed E-state index contributed by atoms with van der Waals surface area (Å²) >= 11 is 0. The van der Waals surface area contributed by atoms with Crippen LogP contribution in [-0.4, -0.2) is 67.5 Å². The number of nitrogens with one attached hydrogen (secondary N) is 1. The van der Waals surface area contributed by atoms with Gasteiger partial charge < -0.3 is 14.8 Å². The molecule has 2 heterocycles. The maximum Gasteiger partial charge on any atom is 0.422 e. The third-order valence-electron chi connectivity index (χ3n) is 3.40. The molecular formula is C15H20F3N3O3. The van der Waals surface area contributed by atoms with Crippen LogP contribution in [0, 0.1) is 0 Å². The van der Waals surface area contributed by atoms with Crippen LogP contribution in [0.25, 0.3) is 0 Å². The fourth-order valence-electron chi connectivity index (χ4n) is 2.35. The van der Waals surface area contributed by atoms with E-state index >= 15 is 0 Å². The molecule has 1 aliphatic heterocycles. The Morgan fingerprint density at radius 1 is 1.46 bits per heavy atom. The molecule has 0 aromatic carbocycles. The van der Waals surface area contributed by atoms with E-state index < -0.39 is 18.7 Å². The molecule has 0 saturated carbocycles. The summed E-state index contributed by atoms with van der Waals surface area (Å²) in [6.07, 6.45) is -3.21. The lowest BCUT2D eigenvalue weighted by Gasteiger charge is -2.29. The molecule has 0 spiro atoms. The molecule has 2 rings (SSSR count). The van der Waals surface area contributed by atoms with Crippen LogP contribution in [0.1, 0.15) is 17.3 Å². The van der Waals surface area contributed by atoms with Gasteiger partial charge >= 0.3 is 6.18 Å². The SMILES string of the molecule is CC(CN1CCOCC1)NC(=O)c1cccnc1OCC(F)(F)F. The fourth-order valence-corrected chi connectivity index (χ4v) is 2.35. The van der Waals surface area contributed by atoms with Crippen molar-refractivity contribution in [3.05, 3.63) is 23.9 Å². The Balaban J connectivity index is 1.93. The van der Waals surface area contributed by atoms with Gasteiger partial charge in [0.25, 0.3) is 5.91 Å². The molecule has 1 fully saturated rings. The molecule has 0 radical (unpaired) electrons. The average Bonchev–Trinajstić information content (AvgIpc) is 2.53. The van der Waals surface area contributed by atoms with Gasteiger partial charge in [-0.05, 0) is 19.1 Å². The average molecular weight is 347 g/mol. The van der Waals surface area contributed by atoms with Gasteiger partial charge in [-0.25, -0.2) is 4.98 Å². The lowest BCUT2D eigenvalue weighted by atomic mass is 10.2. The summed E-state index contributed by atoms with van der Waals surface area (Å²) in [6, 6.07) is 2.68. The first kappa shape index (κ1) is 18.5. The molecule has 1 saturated heterocycles. The Hall–Kier alpha value is -1.87. The number of carbonyl (C=O) groups is 1. The van der Waals surface area contributed by atoms with Gasteiger partial charge in [0, 0.05) is 31.9 Å². The smallest absolute Gasteiger partial charge is 0.422 e. The zero-order valence-corrected chi connectivity index (χ0v) is 13.3. The van der Waals surface area contributed by atoms with Crippen molar-refractivity contribution in [1.29, 1.82) is 0 Å². The number of ether oxygens (including phenoxy) is 2. The highest BCUT2D eigenvalue weighted by Crippen LogP contribution is 2.20. The minimum atomic E-state index is -4.49. The first-order chi connectivity index (χ1) is 11.3. The second-order valence-electron chi connectivity index (χ2n) is 5.55. The minimum absolute atomic E-state index is 0.0180. The van der Waals surface area contributed by atoms with E-state index in [4.69, 9.17) is 4.74 Å². The summed E-state index contributed by atoms with van der Waals surface area (Å²) in [5, 5.41) is 2.76. The molecule has 134 valence electrons. The maximum atomic E-state index is 12.3. The van der Waals surface area contributed by atoms with Crippen LogP contribution in [0.5, 0.6) is 5.88 Å². The molecule has 9 heteroatoms. The summed E-state index contributed by atoms with van der Waals surface area (Å²) in [5.74, 6) is -0.841. The third kappa shape index (κ3) is 5.97. The Labute approximate surface area is 137 Å². The number of carbonyl (C=O) groups excluding carboxylic acids is 1. The molecule has 1 N–H and O–H groups in total. The largest absolute Gasteiger partial charge is 0.467 e. The zero-order chi connectivity index (χ0) is 17.6. The number of halogens is 3. The van der Waals surface area contributed by atoms with Crippen LogP contribution in [0.4, 0.5) is 13.2 Å². The van der Waals surface area contributed by atoms with Crippen molar-refractivity contribution >= 4 is 5.91 Å². The number of pyridine rings is 1. The van der Waals surface area contributed by atoms with Crippen LogP contribution in [-0.2, 0) is 4.74 Å². The van der Waals surface area contributed by atoms with Crippen molar-refractivity contribution in [1.82, 2.24) is 15.2 Å². The topological polar surface area (TPSA) is 63.7 Å². The molecule has 0 aliphatic carbocycles. The molecule has 0 bridgehead atoms. The standard InChI is InChI=1S/C15H20F3N3O3/c1-11(9-21-5-7-23-8-6-21)20-13(22)12-3-2-4-19-14(12)24-10-15(16,17)18/h2-4,11H,5-10H2,1H3,(H,20,22). The van der Waals surface area contributed by atoms with Gasteiger partial charge in [-0.15, -0.1) is 0 Å². The first-order valence-corrected chi connectivity index (χ1v) is 7.60. The number of amides is 1.